The number of hydrogen-bond acceptors (Lipinski definition) is 4. The van der Waals surface area contributed by atoms with Crippen molar-refractivity contribution >= 4 is 0 Å². The second-order valence-electron chi connectivity index (χ2n) is 6.04. The van der Waals surface area contributed by atoms with Gasteiger partial charge in [-0.2, -0.15) is 0 Å². The quantitative estimate of drug-likeness (QED) is 0.870. The van der Waals surface area contributed by atoms with E-state index in [1.165, 1.54) is 18.4 Å². The van der Waals surface area contributed by atoms with Crippen molar-refractivity contribution in [2.45, 2.75) is 25.2 Å². The van der Waals surface area contributed by atoms with Gasteiger partial charge in [0.05, 0.1) is 18.5 Å². The first-order chi connectivity index (χ1) is 10.7. The largest absolute Gasteiger partial charge is 0.497 e. The van der Waals surface area contributed by atoms with Crippen molar-refractivity contribution in [1.82, 2.24) is 14.9 Å². The van der Waals surface area contributed by atoms with Gasteiger partial charge in [0.15, 0.2) is 0 Å². The van der Waals surface area contributed by atoms with Gasteiger partial charge >= 0.3 is 0 Å². The third-order valence-corrected chi connectivity index (χ3v) is 4.41. The summed E-state index contributed by atoms with van der Waals surface area (Å²) >= 11 is 0. The molecule has 0 N–H and O–H groups in total. The molecular weight excluding hydrogens is 274 g/mol. The van der Waals surface area contributed by atoms with Gasteiger partial charge in [-0.1, -0.05) is 12.1 Å². The maximum absolute atomic E-state index is 5.18. The molecule has 1 aliphatic heterocycles. The van der Waals surface area contributed by atoms with Gasteiger partial charge in [0.1, 0.15) is 5.75 Å². The minimum absolute atomic E-state index is 0.568. The number of hydrogen-bond donors (Lipinski definition) is 0. The number of likely N-dealkylation sites (tertiary alicyclic amines) is 1. The van der Waals surface area contributed by atoms with Gasteiger partial charge in [-0.3, -0.25) is 9.97 Å². The number of aromatic nitrogens is 2. The highest BCUT2D eigenvalue weighted by molar-refractivity contribution is 5.29. The Morgan fingerprint density at radius 2 is 1.82 bits per heavy atom. The third-order valence-electron chi connectivity index (χ3n) is 4.41. The Morgan fingerprint density at radius 1 is 1.09 bits per heavy atom. The summed E-state index contributed by atoms with van der Waals surface area (Å²) in [5, 5.41) is 0. The Hall–Kier alpha value is -1.94. The Balaban J connectivity index is 1.63. The van der Waals surface area contributed by atoms with Crippen LogP contribution in [0.1, 0.15) is 35.7 Å². The van der Waals surface area contributed by atoms with Crippen LogP contribution >= 0.6 is 0 Å². The summed E-state index contributed by atoms with van der Waals surface area (Å²) in [6.45, 7) is 2.31. The summed E-state index contributed by atoms with van der Waals surface area (Å²) in [4.78, 5) is 11.6. The first-order valence-electron chi connectivity index (χ1n) is 7.87. The van der Waals surface area contributed by atoms with Crippen LogP contribution in [-0.2, 0) is 6.42 Å². The zero-order chi connectivity index (χ0) is 15.4. The standard InChI is InChI=1S/C18H23N3O/c1-21-9-7-15(8-10-21)18-13-19-16(12-20-18)11-14-3-5-17(22-2)6-4-14/h3-6,12-13,15H,7-11H2,1-2H3. The van der Waals surface area contributed by atoms with Crippen molar-refractivity contribution in [2.24, 2.45) is 0 Å². The average Bonchev–Trinajstić information content (AvgIpc) is 2.57. The molecule has 1 saturated heterocycles. The topological polar surface area (TPSA) is 38.2 Å². The molecule has 116 valence electrons. The molecule has 0 saturated carbocycles. The predicted octanol–water partition coefficient (Wildman–Crippen LogP) is 2.89. The molecule has 0 amide bonds. The SMILES string of the molecule is COc1ccc(Cc2cnc(C3CCN(C)CC3)cn2)cc1. The smallest absolute Gasteiger partial charge is 0.118 e. The van der Waals surface area contributed by atoms with Gasteiger partial charge in [-0.25, -0.2) is 0 Å². The normalized spacial score (nSPS) is 16.6. The maximum atomic E-state index is 5.18. The van der Waals surface area contributed by atoms with Crippen molar-refractivity contribution in [3.63, 3.8) is 0 Å². The first kappa shape index (κ1) is 15.0. The Kier molecular flexibility index (Phi) is 4.68. The maximum Gasteiger partial charge on any atom is 0.118 e. The lowest BCUT2D eigenvalue weighted by Gasteiger charge is -2.28. The summed E-state index contributed by atoms with van der Waals surface area (Å²) in [5.41, 5.74) is 3.38. The minimum atomic E-state index is 0.568. The molecule has 0 bridgehead atoms. The molecular formula is C18H23N3O. The first-order valence-corrected chi connectivity index (χ1v) is 7.87. The fourth-order valence-electron chi connectivity index (χ4n) is 2.92. The van der Waals surface area contributed by atoms with E-state index in [9.17, 15) is 0 Å². The monoisotopic (exact) mass is 297 g/mol. The van der Waals surface area contributed by atoms with Crippen LogP contribution in [-0.4, -0.2) is 42.1 Å². The van der Waals surface area contributed by atoms with E-state index >= 15 is 0 Å². The van der Waals surface area contributed by atoms with E-state index in [-0.39, 0.29) is 0 Å². The van der Waals surface area contributed by atoms with Crippen LogP contribution in [0.5, 0.6) is 5.75 Å². The van der Waals surface area contributed by atoms with E-state index in [0.29, 0.717) is 5.92 Å². The van der Waals surface area contributed by atoms with Crippen molar-refractivity contribution in [3.8, 4) is 5.75 Å². The number of piperidine rings is 1. The van der Waals surface area contributed by atoms with Crippen molar-refractivity contribution in [1.29, 1.82) is 0 Å². The highest BCUT2D eigenvalue weighted by atomic mass is 16.5. The van der Waals surface area contributed by atoms with E-state index in [4.69, 9.17) is 4.74 Å². The minimum Gasteiger partial charge on any atom is -0.497 e. The molecule has 3 rings (SSSR count). The molecule has 0 spiro atoms. The van der Waals surface area contributed by atoms with Crippen LogP contribution in [0.3, 0.4) is 0 Å². The van der Waals surface area contributed by atoms with E-state index in [1.54, 1.807) is 7.11 Å². The summed E-state index contributed by atoms with van der Waals surface area (Å²) in [6, 6.07) is 8.11. The second kappa shape index (κ2) is 6.88. The van der Waals surface area contributed by atoms with Crippen LogP contribution in [0, 0.1) is 0 Å². The van der Waals surface area contributed by atoms with Crippen LogP contribution in [0.15, 0.2) is 36.7 Å². The molecule has 0 unspecified atom stereocenters. The summed E-state index contributed by atoms with van der Waals surface area (Å²) in [6.07, 6.45) is 7.07. The fourth-order valence-corrected chi connectivity index (χ4v) is 2.92. The van der Waals surface area contributed by atoms with Gasteiger partial charge in [0.25, 0.3) is 0 Å². The Labute approximate surface area is 132 Å². The number of ether oxygens (including phenoxy) is 1. The van der Waals surface area contributed by atoms with E-state index in [0.717, 1.165) is 36.6 Å². The molecule has 1 aromatic carbocycles. The van der Waals surface area contributed by atoms with Crippen LogP contribution in [0.25, 0.3) is 0 Å². The lowest BCUT2D eigenvalue weighted by Crippen LogP contribution is -2.29. The van der Waals surface area contributed by atoms with E-state index in [2.05, 4.69) is 34.0 Å². The van der Waals surface area contributed by atoms with Gasteiger partial charge < -0.3 is 9.64 Å². The van der Waals surface area contributed by atoms with E-state index < -0.39 is 0 Å². The summed E-state index contributed by atoms with van der Waals surface area (Å²) in [5.74, 6) is 1.45. The second-order valence-corrected chi connectivity index (χ2v) is 6.04. The summed E-state index contributed by atoms with van der Waals surface area (Å²) < 4.78 is 5.18. The van der Waals surface area contributed by atoms with Gasteiger partial charge in [-0.15, -0.1) is 0 Å². The molecule has 22 heavy (non-hydrogen) atoms. The highest BCUT2D eigenvalue weighted by Gasteiger charge is 2.19. The predicted molar refractivity (Wildman–Crippen MR) is 87.3 cm³/mol. The Bertz CT molecular complexity index is 587. The highest BCUT2D eigenvalue weighted by Crippen LogP contribution is 2.25. The number of rotatable bonds is 4. The zero-order valence-corrected chi connectivity index (χ0v) is 13.3. The molecule has 1 aromatic heterocycles. The lowest BCUT2D eigenvalue weighted by atomic mass is 9.94. The molecule has 0 radical (unpaired) electrons. The van der Waals surface area contributed by atoms with Crippen LogP contribution < -0.4 is 4.74 Å². The van der Waals surface area contributed by atoms with Crippen molar-refractivity contribution in [3.05, 3.63) is 53.6 Å². The van der Waals surface area contributed by atoms with Crippen molar-refractivity contribution < 1.29 is 4.74 Å². The number of benzene rings is 1. The average molecular weight is 297 g/mol. The Morgan fingerprint density at radius 3 is 2.41 bits per heavy atom. The molecule has 1 aliphatic rings. The van der Waals surface area contributed by atoms with E-state index in [1.807, 2.05) is 24.5 Å². The zero-order valence-electron chi connectivity index (χ0n) is 13.3. The molecule has 4 heteroatoms. The summed E-state index contributed by atoms with van der Waals surface area (Å²) in [7, 11) is 3.86. The lowest BCUT2D eigenvalue weighted by molar-refractivity contribution is 0.253. The molecule has 0 atom stereocenters. The number of methoxy groups -OCH3 is 1. The molecule has 0 aliphatic carbocycles. The molecule has 4 nitrogen and oxygen atoms in total. The molecule has 2 heterocycles. The molecule has 2 aromatic rings. The van der Waals surface area contributed by atoms with Gasteiger partial charge in [-0.05, 0) is 50.7 Å². The third kappa shape index (κ3) is 3.63. The van der Waals surface area contributed by atoms with Crippen LogP contribution in [0.4, 0.5) is 0 Å². The van der Waals surface area contributed by atoms with Crippen LogP contribution in [0.2, 0.25) is 0 Å². The molecule has 1 fully saturated rings. The van der Waals surface area contributed by atoms with Crippen molar-refractivity contribution in [2.75, 3.05) is 27.2 Å². The fraction of sp³-hybridized carbons (Fsp3) is 0.444. The van der Waals surface area contributed by atoms with Gasteiger partial charge in [0.2, 0.25) is 0 Å². The number of nitrogens with zero attached hydrogens (tertiary/aromatic N) is 3. The van der Waals surface area contributed by atoms with Gasteiger partial charge in [0, 0.05) is 24.7 Å².